The third-order valence-corrected chi connectivity index (χ3v) is 3.04. The highest BCUT2D eigenvalue weighted by atomic mass is 35.5. The Bertz CT molecular complexity index is 379. The molecular formula is C12H13ClFNO. The fourth-order valence-corrected chi connectivity index (χ4v) is 2.15. The SMILES string of the molecule is O=C1CC(Cl)CN1CCc1ccc(F)cc1. The molecular weight excluding hydrogens is 229 g/mol. The molecule has 1 fully saturated rings. The number of carbonyl (C=O) groups excluding carboxylic acids is 1. The Hall–Kier alpha value is -1.09. The summed E-state index contributed by atoms with van der Waals surface area (Å²) < 4.78 is 12.7. The average molecular weight is 242 g/mol. The van der Waals surface area contributed by atoms with Gasteiger partial charge in [0.05, 0.1) is 5.38 Å². The van der Waals surface area contributed by atoms with Gasteiger partial charge in [0.1, 0.15) is 5.82 Å². The molecule has 0 radical (unpaired) electrons. The second-order valence-electron chi connectivity index (χ2n) is 4.02. The van der Waals surface area contributed by atoms with E-state index in [1.54, 1.807) is 17.0 Å². The standard InChI is InChI=1S/C12H13ClFNO/c13-10-7-12(16)15(8-10)6-5-9-1-3-11(14)4-2-9/h1-4,10H,5-8H2. The number of carbonyl (C=O) groups is 1. The molecule has 4 heteroatoms. The summed E-state index contributed by atoms with van der Waals surface area (Å²) in [6.07, 6.45) is 1.18. The van der Waals surface area contributed by atoms with E-state index in [1.807, 2.05) is 0 Å². The predicted octanol–water partition coefficient (Wildman–Crippen LogP) is 2.21. The van der Waals surface area contributed by atoms with Gasteiger partial charge in [-0.2, -0.15) is 0 Å². The van der Waals surface area contributed by atoms with Crippen molar-refractivity contribution in [3.63, 3.8) is 0 Å². The van der Waals surface area contributed by atoms with E-state index >= 15 is 0 Å². The minimum Gasteiger partial charge on any atom is -0.341 e. The quantitative estimate of drug-likeness (QED) is 0.743. The lowest BCUT2D eigenvalue weighted by Crippen LogP contribution is -2.27. The zero-order valence-corrected chi connectivity index (χ0v) is 9.58. The molecule has 1 amide bonds. The molecule has 1 atom stereocenters. The van der Waals surface area contributed by atoms with Crippen molar-refractivity contribution in [3.8, 4) is 0 Å². The Labute approximate surface area is 99.0 Å². The summed E-state index contributed by atoms with van der Waals surface area (Å²) in [5, 5.41) is -0.0549. The molecule has 0 saturated carbocycles. The van der Waals surface area contributed by atoms with Gasteiger partial charge in [0.2, 0.25) is 5.91 Å². The van der Waals surface area contributed by atoms with Crippen molar-refractivity contribution in [1.82, 2.24) is 4.90 Å². The van der Waals surface area contributed by atoms with E-state index in [0.717, 1.165) is 12.0 Å². The summed E-state index contributed by atoms with van der Waals surface area (Å²) >= 11 is 5.89. The van der Waals surface area contributed by atoms with Crippen LogP contribution in [0.1, 0.15) is 12.0 Å². The van der Waals surface area contributed by atoms with Gasteiger partial charge in [-0.1, -0.05) is 12.1 Å². The van der Waals surface area contributed by atoms with Crippen LogP contribution >= 0.6 is 11.6 Å². The van der Waals surface area contributed by atoms with Gasteiger partial charge in [-0.3, -0.25) is 4.79 Å². The minimum absolute atomic E-state index is 0.0549. The number of benzene rings is 1. The number of rotatable bonds is 3. The topological polar surface area (TPSA) is 20.3 Å². The van der Waals surface area contributed by atoms with Crippen LogP contribution in [0.5, 0.6) is 0 Å². The lowest BCUT2D eigenvalue weighted by Gasteiger charge is -2.15. The zero-order chi connectivity index (χ0) is 11.5. The van der Waals surface area contributed by atoms with Crippen LogP contribution < -0.4 is 0 Å². The highest BCUT2D eigenvalue weighted by Gasteiger charge is 2.27. The number of nitrogens with zero attached hydrogens (tertiary/aromatic N) is 1. The Morgan fingerprint density at radius 2 is 2.06 bits per heavy atom. The van der Waals surface area contributed by atoms with E-state index in [4.69, 9.17) is 11.6 Å². The molecule has 0 aromatic heterocycles. The van der Waals surface area contributed by atoms with Crippen LogP contribution in [0.3, 0.4) is 0 Å². The van der Waals surface area contributed by atoms with Crippen LogP contribution in [0, 0.1) is 5.82 Å². The lowest BCUT2D eigenvalue weighted by molar-refractivity contribution is -0.127. The lowest BCUT2D eigenvalue weighted by atomic mass is 10.1. The van der Waals surface area contributed by atoms with Crippen LogP contribution in [0.25, 0.3) is 0 Å². The van der Waals surface area contributed by atoms with E-state index < -0.39 is 0 Å². The Balaban J connectivity index is 1.88. The van der Waals surface area contributed by atoms with E-state index in [0.29, 0.717) is 19.5 Å². The zero-order valence-electron chi connectivity index (χ0n) is 8.83. The minimum atomic E-state index is -0.234. The molecule has 16 heavy (non-hydrogen) atoms. The molecule has 1 aliphatic rings. The monoisotopic (exact) mass is 241 g/mol. The van der Waals surface area contributed by atoms with Gasteiger partial charge in [-0.25, -0.2) is 4.39 Å². The smallest absolute Gasteiger partial charge is 0.224 e. The fraction of sp³-hybridized carbons (Fsp3) is 0.417. The molecule has 2 nitrogen and oxygen atoms in total. The van der Waals surface area contributed by atoms with E-state index in [-0.39, 0.29) is 17.1 Å². The van der Waals surface area contributed by atoms with Gasteiger partial charge in [-0.15, -0.1) is 11.6 Å². The van der Waals surface area contributed by atoms with Crippen LogP contribution in [-0.2, 0) is 11.2 Å². The van der Waals surface area contributed by atoms with Crippen LogP contribution in [0.15, 0.2) is 24.3 Å². The Morgan fingerprint density at radius 1 is 1.38 bits per heavy atom. The van der Waals surface area contributed by atoms with Crippen LogP contribution in [-0.4, -0.2) is 29.3 Å². The fourth-order valence-electron chi connectivity index (χ4n) is 1.86. The molecule has 1 unspecified atom stereocenters. The third-order valence-electron chi connectivity index (χ3n) is 2.75. The first-order valence-electron chi connectivity index (χ1n) is 5.31. The van der Waals surface area contributed by atoms with Crippen molar-refractivity contribution in [1.29, 1.82) is 0 Å². The first kappa shape index (κ1) is 11.4. The Kier molecular flexibility index (Phi) is 3.44. The molecule has 1 aromatic carbocycles. The number of alkyl halides is 1. The molecule has 0 N–H and O–H groups in total. The predicted molar refractivity (Wildman–Crippen MR) is 60.9 cm³/mol. The van der Waals surface area contributed by atoms with Gasteiger partial charge < -0.3 is 4.90 Å². The second-order valence-corrected chi connectivity index (χ2v) is 4.63. The summed E-state index contributed by atoms with van der Waals surface area (Å²) in [5.41, 5.74) is 1.03. The van der Waals surface area contributed by atoms with Crippen LogP contribution in [0.4, 0.5) is 4.39 Å². The molecule has 1 aliphatic heterocycles. The maximum absolute atomic E-state index is 12.7. The summed E-state index contributed by atoms with van der Waals surface area (Å²) in [4.78, 5) is 13.2. The molecule has 1 saturated heterocycles. The van der Waals surface area contributed by atoms with Gasteiger partial charge in [-0.05, 0) is 24.1 Å². The number of hydrogen-bond acceptors (Lipinski definition) is 1. The van der Waals surface area contributed by atoms with E-state index in [9.17, 15) is 9.18 Å². The molecule has 2 rings (SSSR count). The normalized spacial score (nSPS) is 20.5. The number of halogens is 2. The molecule has 86 valence electrons. The van der Waals surface area contributed by atoms with Crippen molar-refractivity contribution in [2.45, 2.75) is 18.2 Å². The number of likely N-dealkylation sites (tertiary alicyclic amines) is 1. The van der Waals surface area contributed by atoms with Crippen LogP contribution in [0.2, 0.25) is 0 Å². The highest BCUT2D eigenvalue weighted by Crippen LogP contribution is 2.16. The average Bonchev–Trinajstić information content (AvgIpc) is 2.57. The number of hydrogen-bond donors (Lipinski definition) is 0. The molecule has 0 spiro atoms. The van der Waals surface area contributed by atoms with Crippen molar-refractivity contribution in [3.05, 3.63) is 35.6 Å². The largest absolute Gasteiger partial charge is 0.341 e. The maximum atomic E-state index is 12.7. The number of amides is 1. The van der Waals surface area contributed by atoms with Crippen molar-refractivity contribution in [2.75, 3.05) is 13.1 Å². The van der Waals surface area contributed by atoms with Crippen molar-refractivity contribution < 1.29 is 9.18 Å². The summed E-state index contributed by atoms with van der Waals surface area (Å²) in [6.45, 7) is 1.29. The van der Waals surface area contributed by atoms with Gasteiger partial charge in [0.15, 0.2) is 0 Å². The van der Waals surface area contributed by atoms with Crippen molar-refractivity contribution >= 4 is 17.5 Å². The Morgan fingerprint density at radius 3 is 2.62 bits per heavy atom. The van der Waals surface area contributed by atoms with E-state index in [1.165, 1.54) is 12.1 Å². The molecule has 1 heterocycles. The highest BCUT2D eigenvalue weighted by molar-refractivity contribution is 6.22. The summed E-state index contributed by atoms with van der Waals surface area (Å²) in [5.74, 6) is -0.121. The summed E-state index contributed by atoms with van der Waals surface area (Å²) in [6, 6.07) is 6.36. The van der Waals surface area contributed by atoms with Gasteiger partial charge in [0, 0.05) is 19.5 Å². The van der Waals surface area contributed by atoms with E-state index in [2.05, 4.69) is 0 Å². The first-order chi connectivity index (χ1) is 7.65. The third kappa shape index (κ3) is 2.73. The van der Waals surface area contributed by atoms with Gasteiger partial charge >= 0.3 is 0 Å². The first-order valence-corrected chi connectivity index (χ1v) is 5.75. The maximum Gasteiger partial charge on any atom is 0.224 e. The summed E-state index contributed by atoms with van der Waals surface area (Å²) in [7, 11) is 0. The second kappa shape index (κ2) is 4.83. The molecule has 1 aromatic rings. The van der Waals surface area contributed by atoms with Crippen molar-refractivity contribution in [2.24, 2.45) is 0 Å². The van der Waals surface area contributed by atoms with Gasteiger partial charge in [0.25, 0.3) is 0 Å². The molecule has 0 bridgehead atoms. The molecule has 0 aliphatic carbocycles.